The third-order valence-electron chi connectivity index (χ3n) is 4.92. The van der Waals surface area contributed by atoms with E-state index in [4.69, 9.17) is 9.47 Å². The van der Waals surface area contributed by atoms with Gasteiger partial charge in [0.2, 0.25) is 0 Å². The number of hydrogen-bond donors (Lipinski definition) is 1. The highest BCUT2D eigenvalue weighted by molar-refractivity contribution is 5.91. The van der Waals surface area contributed by atoms with Crippen LogP contribution in [0.3, 0.4) is 0 Å². The Morgan fingerprint density at radius 2 is 1.63 bits per heavy atom. The molecule has 0 aliphatic carbocycles. The Morgan fingerprint density at radius 1 is 0.914 bits per heavy atom. The van der Waals surface area contributed by atoms with Gasteiger partial charge >= 0.3 is 5.97 Å². The lowest BCUT2D eigenvalue weighted by Crippen LogP contribution is -2.24. The number of nitrogens with zero attached hydrogens (tertiary/aromatic N) is 2. The molecule has 174 valence electrons. The lowest BCUT2D eigenvalue weighted by atomic mass is 10.1. The second kappa shape index (κ2) is 10.7. The molecule has 4 aromatic rings. The molecule has 0 bridgehead atoms. The fourth-order valence-corrected chi connectivity index (χ4v) is 3.18. The lowest BCUT2D eigenvalue weighted by Gasteiger charge is -2.08. The molecule has 35 heavy (non-hydrogen) atoms. The maximum absolute atomic E-state index is 12.2. The van der Waals surface area contributed by atoms with Gasteiger partial charge in [0.1, 0.15) is 11.5 Å². The third-order valence-corrected chi connectivity index (χ3v) is 4.92. The summed E-state index contributed by atoms with van der Waals surface area (Å²) >= 11 is 0. The van der Waals surface area contributed by atoms with E-state index >= 15 is 0 Å². The molecule has 1 amide bonds. The van der Waals surface area contributed by atoms with E-state index < -0.39 is 16.8 Å². The Morgan fingerprint density at radius 3 is 2.37 bits per heavy atom. The lowest BCUT2D eigenvalue weighted by molar-refractivity contribution is -0.384. The normalized spacial score (nSPS) is 10.7. The molecule has 0 radical (unpaired) electrons. The molecule has 0 spiro atoms. The predicted molar refractivity (Wildman–Crippen MR) is 130 cm³/mol. The van der Waals surface area contributed by atoms with E-state index in [1.54, 1.807) is 30.3 Å². The van der Waals surface area contributed by atoms with Gasteiger partial charge in [0.05, 0.1) is 16.7 Å². The molecule has 4 aromatic carbocycles. The maximum Gasteiger partial charge on any atom is 0.343 e. The van der Waals surface area contributed by atoms with E-state index in [1.165, 1.54) is 30.5 Å². The Bertz CT molecular complexity index is 1390. The van der Waals surface area contributed by atoms with Crippen molar-refractivity contribution in [1.29, 1.82) is 0 Å². The average Bonchev–Trinajstić information content (AvgIpc) is 2.88. The number of hydrazone groups is 1. The van der Waals surface area contributed by atoms with Gasteiger partial charge < -0.3 is 9.47 Å². The smallest absolute Gasteiger partial charge is 0.343 e. The predicted octanol–water partition coefficient (Wildman–Crippen LogP) is 4.50. The number of rotatable bonds is 8. The highest BCUT2D eigenvalue weighted by Gasteiger charge is 2.11. The maximum atomic E-state index is 12.2. The van der Waals surface area contributed by atoms with Crippen LogP contribution in [-0.4, -0.2) is 29.6 Å². The van der Waals surface area contributed by atoms with E-state index in [0.717, 1.165) is 10.8 Å². The summed E-state index contributed by atoms with van der Waals surface area (Å²) in [5.41, 5.74) is 3.14. The number of ether oxygens (including phenoxy) is 2. The van der Waals surface area contributed by atoms with E-state index in [9.17, 15) is 19.7 Å². The van der Waals surface area contributed by atoms with Crippen molar-refractivity contribution >= 4 is 34.6 Å². The van der Waals surface area contributed by atoms with Gasteiger partial charge in [-0.2, -0.15) is 5.10 Å². The van der Waals surface area contributed by atoms with Gasteiger partial charge in [-0.25, -0.2) is 10.2 Å². The Labute approximate surface area is 199 Å². The minimum Gasteiger partial charge on any atom is -0.483 e. The van der Waals surface area contributed by atoms with Gasteiger partial charge in [-0.15, -0.1) is 0 Å². The molecule has 9 heteroatoms. The number of nitro groups is 1. The first-order valence-corrected chi connectivity index (χ1v) is 10.5. The van der Waals surface area contributed by atoms with Crippen molar-refractivity contribution in [2.45, 2.75) is 0 Å². The summed E-state index contributed by atoms with van der Waals surface area (Å²) in [7, 11) is 0. The quantitative estimate of drug-likeness (QED) is 0.133. The zero-order valence-electron chi connectivity index (χ0n) is 18.3. The Balaban J connectivity index is 1.27. The first-order chi connectivity index (χ1) is 17.0. The summed E-state index contributed by atoms with van der Waals surface area (Å²) < 4.78 is 10.9. The molecule has 4 rings (SSSR count). The van der Waals surface area contributed by atoms with Gasteiger partial charge in [-0.05, 0) is 53.4 Å². The van der Waals surface area contributed by atoms with Crippen LogP contribution in [0.4, 0.5) is 5.69 Å². The number of benzene rings is 4. The topological polar surface area (TPSA) is 120 Å². The van der Waals surface area contributed by atoms with Gasteiger partial charge in [-0.1, -0.05) is 36.4 Å². The number of hydrogen-bond acceptors (Lipinski definition) is 7. The van der Waals surface area contributed by atoms with Crippen LogP contribution in [-0.2, 0) is 4.79 Å². The molecule has 0 aliphatic heterocycles. The monoisotopic (exact) mass is 469 g/mol. The molecule has 0 unspecified atom stereocenters. The van der Waals surface area contributed by atoms with Crippen LogP contribution in [0.2, 0.25) is 0 Å². The van der Waals surface area contributed by atoms with Crippen molar-refractivity contribution in [2.75, 3.05) is 6.61 Å². The molecule has 0 saturated heterocycles. The zero-order chi connectivity index (χ0) is 24.6. The molecule has 0 aliphatic rings. The molecule has 0 atom stereocenters. The van der Waals surface area contributed by atoms with Gasteiger partial charge in [0.25, 0.3) is 11.6 Å². The molecule has 0 saturated carbocycles. The SMILES string of the molecule is O=C(COc1cccc2ccccc12)NN=Cc1ccc(OC(=O)c2ccc([N+](=O)[O-])cc2)cc1. The first kappa shape index (κ1) is 23.1. The van der Waals surface area contributed by atoms with Crippen molar-refractivity contribution < 1.29 is 24.0 Å². The van der Waals surface area contributed by atoms with Crippen LogP contribution < -0.4 is 14.9 Å². The number of carbonyl (C=O) groups is 2. The fourth-order valence-electron chi connectivity index (χ4n) is 3.18. The average molecular weight is 469 g/mol. The van der Waals surface area contributed by atoms with Crippen molar-refractivity contribution in [1.82, 2.24) is 5.43 Å². The van der Waals surface area contributed by atoms with E-state index in [-0.39, 0.29) is 23.6 Å². The van der Waals surface area contributed by atoms with Crippen LogP contribution in [0.1, 0.15) is 15.9 Å². The van der Waals surface area contributed by atoms with Crippen LogP contribution in [0, 0.1) is 10.1 Å². The molecule has 0 heterocycles. The number of esters is 1. The number of carbonyl (C=O) groups excluding carboxylic acids is 2. The largest absolute Gasteiger partial charge is 0.483 e. The second-order valence-electron chi connectivity index (χ2n) is 7.32. The van der Waals surface area contributed by atoms with Crippen molar-refractivity contribution in [2.24, 2.45) is 5.10 Å². The van der Waals surface area contributed by atoms with Crippen LogP contribution >= 0.6 is 0 Å². The van der Waals surface area contributed by atoms with E-state index in [0.29, 0.717) is 11.3 Å². The molecular formula is C26H19N3O6. The number of amides is 1. The third kappa shape index (κ3) is 6.05. The molecule has 9 nitrogen and oxygen atoms in total. The molecular weight excluding hydrogens is 450 g/mol. The Kier molecular flexibility index (Phi) is 7.08. The fraction of sp³-hybridized carbons (Fsp3) is 0.0385. The van der Waals surface area contributed by atoms with Crippen LogP contribution in [0.5, 0.6) is 11.5 Å². The van der Waals surface area contributed by atoms with Crippen molar-refractivity contribution in [3.8, 4) is 11.5 Å². The summed E-state index contributed by atoms with van der Waals surface area (Å²) in [4.78, 5) is 34.4. The first-order valence-electron chi connectivity index (χ1n) is 10.5. The zero-order valence-corrected chi connectivity index (χ0v) is 18.3. The highest BCUT2D eigenvalue weighted by atomic mass is 16.6. The molecule has 0 fully saturated rings. The summed E-state index contributed by atoms with van der Waals surface area (Å²) in [5, 5.41) is 16.5. The second-order valence-corrected chi connectivity index (χ2v) is 7.32. The van der Waals surface area contributed by atoms with Crippen LogP contribution in [0.25, 0.3) is 10.8 Å². The van der Waals surface area contributed by atoms with Crippen molar-refractivity contribution in [3.63, 3.8) is 0 Å². The van der Waals surface area contributed by atoms with Crippen molar-refractivity contribution in [3.05, 3.63) is 112 Å². The van der Waals surface area contributed by atoms with Gasteiger partial charge in [-0.3, -0.25) is 14.9 Å². The van der Waals surface area contributed by atoms with Gasteiger partial charge in [0.15, 0.2) is 6.61 Å². The number of fused-ring (bicyclic) bond motifs is 1. The summed E-state index contributed by atoms with van der Waals surface area (Å²) in [5.74, 6) is -0.151. The number of nitro benzene ring substituents is 1. The van der Waals surface area contributed by atoms with E-state index in [2.05, 4.69) is 10.5 Å². The summed E-state index contributed by atoms with van der Waals surface area (Å²) in [6.07, 6.45) is 1.44. The number of nitrogens with one attached hydrogen (secondary N) is 1. The van der Waals surface area contributed by atoms with Crippen LogP contribution in [0.15, 0.2) is 96.1 Å². The summed E-state index contributed by atoms with van der Waals surface area (Å²) in [6, 6.07) is 24.9. The van der Waals surface area contributed by atoms with Gasteiger partial charge in [0, 0.05) is 17.5 Å². The molecule has 1 N–H and O–H groups in total. The highest BCUT2D eigenvalue weighted by Crippen LogP contribution is 2.25. The summed E-state index contributed by atoms with van der Waals surface area (Å²) in [6.45, 7) is -0.192. The minimum atomic E-state index is -0.639. The number of non-ortho nitro benzene ring substituents is 1. The molecule has 0 aromatic heterocycles. The Hall–Kier alpha value is -5.05. The standard InChI is InChI=1S/C26H19N3O6/c30-25(17-34-24-7-3-5-19-4-1-2-6-23(19)24)28-27-16-18-8-14-22(15-9-18)35-26(31)20-10-12-21(13-11-20)29(32)33/h1-16H,17H2,(H,28,30). The minimum absolute atomic E-state index is 0.114. The van der Waals surface area contributed by atoms with E-state index in [1.807, 2.05) is 36.4 Å².